The quantitative estimate of drug-likeness (QED) is 0.890. The van der Waals surface area contributed by atoms with Crippen LogP contribution in [0.4, 0.5) is 0 Å². The maximum absolute atomic E-state index is 12.7. The van der Waals surface area contributed by atoms with Crippen LogP contribution in [0, 0.1) is 0 Å². The zero-order valence-corrected chi connectivity index (χ0v) is 15.1. The molecule has 26 heavy (non-hydrogen) atoms. The van der Waals surface area contributed by atoms with Crippen molar-refractivity contribution in [2.75, 3.05) is 33.3 Å². The molecule has 0 bridgehead atoms. The summed E-state index contributed by atoms with van der Waals surface area (Å²) in [6.45, 7) is 2.53. The molecular weight excluding hydrogens is 330 g/mol. The van der Waals surface area contributed by atoms with E-state index < -0.39 is 0 Å². The van der Waals surface area contributed by atoms with E-state index in [9.17, 15) is 9.59 Å². The van der Waals surface area contributed by atoms with Gasteiger partial charge in [-0.2, -0.15) is 0 Å². The van der Waals surface area contributed by atoms with Gasteiger partial charge in [0.2, 0.25) is 11.8 Å². The van der Waals surface area contributed by atoms with Crippen LogP contribution in [0.5, 0.6) is 5.75 Å². The highest BCUT2D eigenvalue weighted by Gasteiger charge is 2.22. The number of para-hydroxylation sites is 1. The van der Waals surface area contributed by atoms with E-state index in [0.717, 1.165) is 23.4 Å². The van der Waals surface area contributed by atoms with Crippen molar-refractivity contribution in [3.8, 4) is 5.75 Å². The van der Waals surface area contributed by atoms with Gasteiger partial charge in [0.1, 0.15) is 5.75 Å². The lowest BCUT2D eigenvalue weighted by Crippen LogP contribution is -2.38. The molecule has 1 aliphatic heterocycles. The summed E-state index contributed by atoms with van der Waals surface area (Å²) >= 11 is 0. The molecule has 1 aromatic heterocycles. The highest BCUT2D eigenvalue weighted by molar-refractivity contribution is 5.80. The summed E-state index contributed by atoms with van der Waals surface area (Å²) in [4.78, 5) is 31.9. The van der Waals surface area contributed by atoms with Gasteiger partial charge in [-0.15, -0.1) is 0 Å². The van der Waals surface area contributed by atoms with E-state index in [2.05, 4.69) is 4.98 Å². The Kier molecular flexibility index (Phi) is 5.94. The first kappa shape index (κ1) is 18.0. The second-order valence-corrected chi connectivity index (χ2v) is 6.48. The first-order chi connectivity index (χ1) is 12.7. The molecule has 1 saturated heterocycles. The average Bonchev–Trinajstić information content (AvgIpc) is 3.03. The van der Waals surface area contributed by atoms with Crippen LogP contribution in [0.3, 0.4) is 0 Å². The van der Waals surface area contributed by atoms with Gasteiger partial charge < -0.3 is 19.5 Å². The Morgan fingerprint density at radius 3 is 2.31 bits per heavy atom. The molecule has 1 aliphatic rings. The first-order valence-electron chi connectivity index (χ1n) is 8.97. The Morgan fingerprint density at radius 2 is 1.65 bits per heavy atom. The highest BCUT2D eigenvalue weighted by Crippen LogP contribution is 2.19. The highest BCUT2D eigenvalue weighted by atomic mass is 16.5. The molecule has 1 aromatic carbocycles. The van der Waals surface area contributed by atoms with Crippen molar-refractivity contribution >= 4 is 11.8 Å². The standard InChI is InChI=1S/C20H25N3O3/c1-26-18-8-3-2-6-16(18)14-19(24)22-10-5-11-23(13-12-22)20(25)15-17-7-4-9-21-17/h2-4,6-9,21H,5,10-15H2,1H3. The summed E-state index contributed by atoms with van der Waals surface area (Å²) in [6, 6.07) is 11.4. The number of nitrogens with one attached hydrogen (secondary N) is 1. The Bertz CT molecular complexity index is 743. The number of aromatic nitrogens is 1. The van der Waals surface area contributed by atoms with E-state index in [1.807, 2.05) is 52.4 Å². The van der Waals surface area contributed by atoms with Crippen molar-refractivity contribution in [2.45, 2.75) is 19.3 Å². The third kappa shape index (κ3) is 4.45. The van der Waals surface area contributed by atoms with Gasteiger partial charge >= 0.3 is 0 Å². The molecule has 138 valence electrons. The fourth-order valence-corrected chi connectivity index (χ4v) is 3.29. The van der Waals surface area contributed by atoms with Gasteiger partial charge in [-0.05, 0) is 24.6 Å². The van der Waals surface area contributed by atoms with Gasteiger partial charge in [0.05, 0.1) is 20.0 Å². The summed E-state index contributed by atoms with van der Waals surface area (Å²) in [5.41, 5.74) is 1.81. The van der Waals surface area contributed by atoms with Crippen LogP contribution in [0.15, 0.2) is 42.6 Å². The summed E-state index contributed by atoms with van der Waals surface area (Å²) in [5.74, 6) is 0.915. The molecule has 0 spiro atoms. The predicted octanol–water partition coefficient (Wildman–Crippen LogP) is 1.87. The normalized spacial score (nSPS) is 14.8. The number of aromatic amines is 1. The number of amides is 2. The molecule has 0 aliphatic carbocycles. The van der Waals surface area contributed by atoms with Crippen LogP contribution in [-0.2, 0) is 22.4 Å². The van der Waals surface area contributed by atoms with Gasteiger partial charge in [-0.1, -0.05) is 18.2 Å². The fourth-order valence-electron chi connectivity index (χ4n) is 3.29. The lowest BCUT2D eigenvalue weighted by Gasteiger charge is -2.22. The van der Waals surface area contributed by atoms with Crippen LogP contribution < -0.4 is 4.74 Å². The van der Waals surface area contributed by atoms with Crippen molar-refractivity contribution in [1.82, 2.24) is 14.8 Å². The van der Waals surface area contributed by atoms with Crippen molar-refractivity contribution in [1.29, 1.82) is 0 Å². The van der Waals surface area contributed by atoms with Crippen LogP contribution >= 0.6 is 0 Å². The fraction of sp³-hybridized carbons (Fsp3) is 0.400. The molecule has 1 N–H and O–H groups in total. The summed E-state index contributed by atoms with van der Waals surface area (Å²) in [5, 5.41) is 0. The second-order valence-electron chi connectivity index (χ2n) is 6.48. The molecule has 1 fully saturated rings. The monoisotopic (exact) mass is 355 g/mol. The van der Waals surface area contributed by atoms with E-state index in [1.165, 1.54) is 0 Å². The number of methoxy groups -OCH3 is 1. The number of rotatable bonds is 5. The third-order valence-corrected chi connectivity index (χ3v) is 4.74. The average molecular weight is 355 g/mol. The van der Waals surface area contributed by atoms with E-state index in [1.54, 1.807) is 7.11 Å². The van der Waals surface area contributed by atoms with E-state index in [0.29, 0.717) is 39.0 Å². The smallest absolute Gasteiger partial charge is 0.228 e. The minimum Gasteiger partial charge on any atom is -0.496 e. The van der Waals surface area contributed by atoms with Crippen molar-refractivity contribution in [2.24, 2.45) is 0 Å². The zero-order valence-electron chi connectivity index (χ0n) is 15.1. The van der Waals surface area contributed by atoms with Gasteiger partial charge in [0, 0.05) is 43.6 Å². The molecule has 3 rings (SSSR count). The Hall–Kier alpha value is -2.76. The van der Waals surface area contributed by atoms with Crippen LogP contribution in [-0.4, -0.2) is 59.9 Å². The lowest BCUT2D eigenvalue weighted by atomic mass is 10.1. The Balaban J connectivity index is 1.56. The van der Waals surface area contributed by atoms with Crippen molar-refractivity contribution < 1.29 is 14.3 Å². The number of ether oxygens (including phenoxy) is 1. The van der Waals surface area contributed by atoms with Crippen molar-refractivity contribution in [3.63, 3.8) is 0 Å². The molecule has 0 radical (unpaired) electrons. The Labute approximate surface area is 153 Å². The number of carbonyl (C=O) groups excluding carboxylic acids is 2. The molecule has 2 heterocycles. The van der Waals surface area contributed by atoms with Crippen molar-refractivity contribution in [3.05, 3.63) is 53.9 Å². The molecule has 6 nitrogen and oxygen atoms in total. The maximum atomic E-state index is 12.7. The SMILES string of the molecule is COc1ccccc1CC(=O)N1CCCN(C(=O)Cc2ccc[nH]2)CC1. The van der Waals surface area contributed by atoms with Crippen LogP contribution in [0.1, 0.15) is 17.7 Å². The Morgan fingerprint density at radius 1 is 0.962 bits per heavy atom. The minimum atomic E-state index is 0.0770. The van der Waals surface area contributed by atoms with Gasteiger partial charge in [0.15, 0.2) is 0 Å². The van der Waals surface area contributed by atoms with Gasteiger partial charge in [-0.3, -0.25) is 9.59 Å². The predicted molar refractivity (Wildman–Crippen MR) is 99.0 cm³/mol. The molecule has 2 amide bonds. The number of nitrogens with zero attached hydrogens (tertiary/aromatic N) is 2. The molecule has 0 unspecified atom stereocenters. The van der Waals surface area contributed by atoms with Gasteiger partial charge in [-0.25, -0.2) is 0 Å². The number of hydrogen-bond donors (Lipinski definition) is 1. The molecular formula is C20H25N3O3. The maximum Gasteiger partial charge on any atom is 0.228 e. The lowest BCUT2D eigenvalue weighted by molar-refractivity contribution is -0.132. The summed E-state index contributed by atoms with van der Waals surface area (Å²) in [7, 11) is 1.61. The second kappa shape index (κ2) is 8.56. The molecule has 6 heteroatoms. The van der Waals surface area contributed by atoms with Crippen LogP contribution in [0.2, 0.25) is 0 Å². The topological polar surface area (TPSA) is 65.6 Å². The van der Waals surface area contributed by atoms with E-state index >= 15 is 0 Å². The van der Waals surface area contributed by atoms with Gasteiger partial charge in [0.25, 0.3) is 0 Å². The minimum absolute atomic E-state index is 0.0770. The molecule has 0 saturated carbocycles. The molecule has 0 atom stereocenters. The molecule has 2 aromatic rings. The third-order valence-electron chi connectivity index (χ3n) is 4.74. The largest absolute Gasteiger partial charge is 0.496 e. The number of carbonyl (C=O) groups is 2. The number of hydrogen-bond acceptors (Lipinski definition) is 3. The number of H-pyrrole nitrogens is 1. The van der Waals surface area contributed by atoms with E-state index in [4.69, 9.17) is 4.74 Å². The first-order valence-corrected chi connectivity index (χ1v) is 8.97. The zero-order chi connectivity index (χ0) is 18.4. The van der Waals surface area contributed by atoms with Crippen LogP contribution in [0.25, 0.3) is 0 Å². The summed E-state index contributed by atoms with van der Waals surface area (Å²) < 4.78 is 5.33. The number of benzene rings is 1. The van der Waals surface area contributed by atoms with E-state index in [-0.39, 0.29) is 11.8 Å². The summed E-state index contributed by atoms with van der Waals surface area (Å²) in [6.07, 6.45) is 3.32.